The first-order chi connectivity index (χ1) is 15.8. The molecule has 0 aliphatic heterocycles. The Morgan fingerprint density at radius 3 is 2.06 bits per heavy atom. The van der Waals surface area contributed by atoms with E-state index in [1.165, 1.54) is 0 Å². The van der Waals surface area contributed by atoms with Crippen LogP contribution in [0.25, 0.3) is 0 Å². The molecule has 2 atom stereocenters. The number of nitrogens with zero attached hydrogens (tertiary/aromatic N) is 1. The Hall–Kier alpha value is -1.11. The maximum Gasteiger partial charge on any atom is 0.308 e. The van der Waals surface area contributed by atoms with Crippen molar-refractivity contribution in [3.63, 3.8) is 0 Å². The van der Waals surface area contributed by atoms with Gasteiger partial charge in [-0.2, -0.15) is 0 Å². The van der Waals surface area contributed by atoms with Crippen LogP contribution in [0.3, 0.4) is 0 Å². The Balaban J connectivity index is 0. The van der Waals surface area contributed by atoms with Crippen molar-refractivity contribution in [2.24, 2.45) is 0 Å². The lowest BCUT2D eigenvalue weighted by molar-refractivity contribution is -0.873. The topological polar surface area (TPSA) is 83.8 Å². The Kier molecular flexibility index (Phi) is 17.4. The van der Waals surface area contributed by atoms with E-state index in [9.17, 15) is 14.7 Å². The number of ether oxygens (including phenoxy) is 1. The van der Waals surface area contributed by atoms with Crippen LogP contribution < -0.4 is 12.4 Å². The molecule has 0 aromatic heterocycles. The van der Waals surface area contributed by atoms with Crippen LogP contribution >= 0.6 is 0 Å². The minimum atomic E-state index is -1.79. The molecule has 0 aromatic rings. The van der Waals surface area contributed by atoms with E-state index in [1.54, 1.807) is 0 Å². The smallest absolute Gasteiger partial charge is 0.308 e. The van der Waals surface area contributed by atoms with Crippen LogP contribution in [0.2, 0.25) is 0 Å². The number of hydrogen-bond donors (Lipinski definition) is 2. The number of hydrogen-bond acceptors (Lipinski definition) is 4. The monoisotopic (exact) mass is 480 g/mol. The number of allylic oxidation sites excluding steroid dienone is 2. The van der Waals surface area contributed by atoms with Gasteiger partial charge in [0.2, 0.25) is 0 Å². The Morgan fingerprint density at radius 1 is 0.938 bits per heavy atom. The van der Waals surface area contributed by atoms with Crippen LogP contribution in [0.15, 0.2) is 12.2 Å². The van der Waals surface area contributed by atoms with Crippen LogP contribution in [0.4, 0.5) is 0 Å². The number of rotatable bonds is 20. The van der Waals surface area contributed by atoms with Crippen molar-refractivity contribution < 1.29 is 45.5 Å². The van der Waals surface area contributed by atoms with E-state index >= 15 is 0 Å². The highest BCUT2D eigenvalue weighted by molar-refractivity contribution is 5.71. The number of unbranched alkanes of at least 4 members (excludes halogenated alkanes) is 8. The summed E-state index contributed by atoms with van der Waals surface area (Å²) in [5, 5.41) is 19.1. The van der Waals surface area contributed by atoms with Crippen molar-refractivity contribution in [3.8, 4) is 0 Å². The Morgan fingerprint density at radius 2 is 1.50 bits per heavy atom. The number of carbonyl (C=O) groups excluding carboxylic acids is 1. The molecule has 2 N–H and O–H groups in total. The second-order valence-corrected chi connectivity index (χ2v) is 9.46. The van der Waals surface area contributed by atoms with E-state index in [-0.39, 0.29) is 25.2 Å². The number of carboxylic acid groups (broad SMARTS) is 1. The summed E-state index contributed by atoms with van der Waals surface area (Å²) < 4.78 is 27.3. The number of esters is 1. The number of aliphatic carboxylic acids is 1. The summed E-state index contributed by atoms with van der Waals surface area (Å²) in [6.45, 7) is -1.39. The maximum absolute atomic E-state index is 12.1. The molecule has 6 nitrogen and oxygen atoms in total. The van der Waals surface area contributed by atoms with Crippen molar-refractivity contribution in [1.29, 1.82) is 0 Å². The number of carboxylic acids is 1. The Labute approximate surface area is 206 Å². The van der Waals surface area contributed by atoms with E-state index in [4.69, 9.17) is 14.0 Å². The molecule has 0 saturated carbocycles. The molecule has 0 radical (unpaired) electrons. The maximum atomic E-state index is 12.1. The largest absolute Gasteiger partial charge is 1.00 e. The molecule has 0 spiro atoms. The number of likely N-dealkylation sites (N-methyl/N-ethyl adjacent to an activating group) is 1. The quantitative estimate of drug-likeness (QED) is 0.121. The van der Waals surface area contributed by atoms with Crippen LogP contribution in [-0.4, -0.2) is 66.5 Å². The minimum Gasteiger partial charge on any atom is -1.00 e. The molecule has 0 bridgehead atoms. The summed E-state index contributed by atoms with van der Waals surface area (Å²) in [7, 11) is 5.71. The van der Waals surface area contributed by atoms with Crippen molar-refractivity contribution in [1.82, 2.24) is 0 Å². The molecule has 32 heavy (non-hydrogen) atoms. The molecule has 0 aliphatic rings. The van der Waals surface area contributed by atoms with Crippen LogP contribution in [0.5, 0.6) is 0 Å². The molecule has 0 aromatic carbocycles. The summed E-state index contributed by atoms with van der Waals surface area (Å²) in [6, 6.07) is 0. The van der Waals surface area contributed by atoms with Crippen molar-refractivity contribution >= 4 is 11.9 Å². The second kappa shape index (κ2) is 20.5. The molecule has 1 unspecified atom stereocenters. The fraction of sp³-hybridized carbons (Fsp3) is 0.840. The fourth-order valence-electron chi connectivity index (χ4n) is 3.45. The van der Waals surface area contributed by atoms with E-state index < -0.39 is 31.0 Å². The van der Waals surface area contributed by atoms with Crippen molar-refractivity contribution in [2.75, 3.05) is 27.7 Å². The molecule has 7 heteroatoms. The first-order valence-corrected chi connectivity index (χ1v) is 11.8. The number of carbonyl (C=O) groups is 2. The van der Waals surface area contributed by atoms with Gasteiger partial charge in [0.25, 0.3) is 0 Å². The predicted octanol–water partition coefficient (Wildman–Crippen LogP) is 2.09. The number of aliphatic hydroxyl groups excluding tert-OH is 1. The molecule has 0 aliphatic carbocycles. The van der Waals surface area contributed by atoms with Gasteiger partial charge in [0, 0.05) is 4.11 Å². The van der Waals surface area contributed by atoms with Crippen molar-refractivity contribution in [3.05, 3.63) is 12.2 Å². The van der Waals surface area contributed by atoms with Gasteiger partial charge in [0.15, 0.2) is 6.10 Å². The molecule has 0 amide bonds. The predicted molar refractivity (Wildman–Crippen MR) is 126 cm³/mol. The highest BCUT2D eigenvalue weighted by Crippen LogP contribution is 2.12. The molecule has 0 saturated heterocycles. The summed E-state index contributed by atoms with van der Waals surface area (Å²) in [5.41, 5.74) is 0. The normalized spacial score (nSPS) is 15.3. The van der Waals surface area contributed by atoms with Gasteiger partial charge in [0.1, 0.15) is 6.54 Å². The highest BCUT2D eigenvalue weighted by Gasteiger charge is 2.25. The second-order valence-electron chi connectivity index (χ2n) is 9.46. The lowest BCUT2D eigenvalue weighted by Crippen LogP contribution is -3.00. The zero-order chi connectivity index (χ0) is 26.0. The van der Waals surface area contributed by atoms with Gasteiger partial charge in [-0.15, -0.1) is 0 Å². The van der Waals surface area contributed by atoms with E-state index in [0.717, 1.165) is 64.2 Å². The van der Waals surface area contributed by atoms with Gasteiger partial charge >= 0.3 is 11.9 Å². The van der Waals surface area contributed by atoms with Gasteiger partial charge in [0.05, 0.1) is 40.1 Å². The zero-order valence-corrected chi connectivity index (χ0v) is 21.1. The lowest BCUT2D eigenvalue weighted by atomic mass is 10.1. The summed E-state index contributed by atoms with van der Waals surface area (Å²) >= 11 is 0. The molecular formula is C25H48ClNO5. The van der Waals surface area contributed by atoms with E-state index in [0.29, 0.717) is 23.9 Å². The van der Waals surface area contributed by atoms with Gasteiger partial charge in [-0.25, -0.2) is 0 Å². The third-order valence-corrected chi connectivity index (χ3v) is 4.98. The molecule has 190 valence electrons. The number of quaternary nitrogens is 1. The molecule has 0 fully saturated rings. The van der Waals surface area contributed by atoms with Crippen LogP contribution in [0, 0.1) is 0 Å². The molecule has 0 rings (SSSR count). The third kappa shape index (κ3) is 23.6. The average Bonchev–Trinajstić information content (AvgIpc) is 2.65. The van der Waals surface area contributed by atoms with Gasteiger partial charge in [-0.1, -0.05) is 63.9 Å². The molecular weight excluding hydrogens is 430 g/mol. The third-order valence-electron chi connectivity index (χ3n) is 4.98. The van der Waals surface area contributed by atoms with E-state index in [1.807, 2.05) is 21.1 Å². The average molecular weight is 481 g/mol. The fourth-order valence-corrected chi connectivity index (χ4v) is 3.45. The summed E-state index contributed by atoms with van der Waals surface area (Å²) in [6.07, 6.45) is 13.5. The Bertz CT molecular complexity index is 595. The summed E-state index contributed by atoms with van der Waals surface area (Å²) in [5.74, 6) is -1.56. The standard InChI is InChI=1S/C25H47NO5.ClH/c1-5-6-7-8-9-10-11-12-13-14-15-16-17-18-22(27)19-25(30)31-23(20-24(28)29)21-26(2,3)4;/h12-13,22-23,27H,5-11,14-21H2,1-4H3;1H/b13-12-;/t22?,23-;/m1./s1/i1D3;. The van der Waals surface area contributed by atoms with Gasteiger partial charge < -0.3 is 31.8 Å². The van der Waals surface area contributed by atoms with E-state index in [2.05, 4.69) is 12.2 Å². The number of aliphatic hydroxyl groups is 1. The van der Waals surface area contributed by atoms with Crippen molar-refractivity contribution in [2.45, 2.75) is 109 Å². The number of halogens is 1. The zero-order valence-electron chi connectivity index (χ0n) is 23.4. The summed E-state index contributed by atoms with van der Waals surface area (Å²) in [4.78, 5) is 23.1. The minimum absolute atomic E-state index is 0. The van der Waals surface area contributed by atoms with Gasteiger partial charge in [-0.3, -0.25) is 9.59 Å². The van der Waals surface area contributed by atoms with Crippen LogP contribution in [0.1, 0.15) is 101 Å². The SMILES string of the molecule is [2H]C([2H])([2H])CCCCCCC/C=C\CCCCCC(O)CC(=O)O[C@H](CC(=O)O)C[N+](C)(C)C.[Cl-]. The van der Waals surface area contributed by atoms with Crippen LogP contribution in [-0.2, 0) is 14.3 Å². The highest BCUT2D eigenvalue weighted by atomic mass is 35.5. The first-order valence-electron chi connectivity index (χ1n) is 13.3. The lowest BCUT2D eigenvalue weighted by Gasteiger charge is -2.28. The molecule has 0 heterocycles. The first kappa shape index (κ1) is 27.1. The van der Waals surface area contributed by atoms with Gasteiger partial charge in [-0.05, 0) is 32.1 Å².